The van der Waals surface area contributed by atoms with Crippen LogP contribution >= 0.6 is 0 Å². The van der Waals surface area contributed by atoms with Gasteiger partial charge < -0.3 is 10.8 Å². The number of rotatable bonds is 11. The Bertz CT molecular complexity index is 303. The molecule has 3 heteroatoms. The molecule has 0 saturated heterocycles. The molecule has 0 spiro atoms. The number of unbranched alkanes of at least 4 members (excludes halogenated alkanes) is 3. The molecule has 0 radical (unpaired) electrons. The fourth-order valence-corrected chi connectivity index (χ4v) is 3.60. The van der Waals surface area contributed by atoms with Gasteiger partial charge in [0.1, 0.15) is 0 Å². The van der Waals surface area contributed by atoms with Crippen LogP contribution in [0.1, 0.15) is 111 Å². The van der Waals surface area contributed by atoms with Crippen LogP contribution in [-0.2, 0) is 4.79 Å². The van der Waals surface area contributed by atoms with Crippen LogP contribution < -0.4 is 5.73 Å². The van der Waals surface area contributed by atoms with Gasteiger partial charge in [-0.3, -0.25) is 4.79 Å². The minimum atomic E-state index is -0.609. The molecule has 3 nitrogen and oxygen atoms in total. The Hall–Kier alpha value is -0.570. The zero-order chi connectivity index (χ0) is 18.4. The number of carboxylic acids is 1. The molecule has 1 saturated carbocycles. The van der Waals surface area contributed by atoms with Crippen LogP contribution in [0.15, 0.2) is 0 Å². The molecule has 1 rings (SSSR count). The summed E-state index contributed by atoms with van der Waals surface area (Å²) in [6.45, 7) is 9.15. The lowest BCUT2D eigenvalue weighted by atomic mass is 9.76. The van der Waals surface area contributed by atoms with E-state index in [-0.39, 0.29) is 11.5 Å². The number of hydrogen-bond acceptors (Lipinski definition) is 2. The lowest BCUT2D eigenvalue weighted by molar-refractivity contribution is -0.141. The van der Waals surface area contributed by atoms with Gasteiger partial charge >= 0.3 is 5.97 Å². The second kappa shape index (κ2) is 13.7. The second-order valence-corrected chi connectivity index (χ2v) is 7.80. The van der Waals surface area contributed by atoms with Gasteiger partial charge in [-0.15, -0.1) is 0 Å². The van der Waals surface area contributed by atoms with Gasteiger partial charge in [0.15, 0.2) is 0 Å². The number of carbonyl (C=O) groups is 1. The van der Waals surface area contributed by atoms with Crippen molar-refractivity contribution in [1.82, 2.24) is 0 Å². The molecular formula is C21H43NO2. The van der Waals surface area contributed by atoms with Crippen LogP contribution in [0.25, 0.3) is 0 Å². The summed E-state index contributed by atoms with van der Waals surface area (Å²) in [5.74, 6) is 0.0584. The first-order chi connectivity index (χ1) is 11.4. The molecule has 0 aliphatic heterocycles. The first-order valence-electron chi connectivity index (χ1n) is 10.4. The fourth-order valence-electron chi connectivity index (χ4n) is 3.60. The van der Waals surface area contributed by atoms with Crippen molar-refractivity contribution in [2.75, 3.05) is 0 Å². The first kappa shape index (κ1) is 23.4. The van der Waals surface area contributed by atoms with Crippen molar-refractivity contribution in [3.8, 4) is 0 Å². The van der Waals surface area contributed by atoms with Crippen molar-refractivity contribution in [2.45, 2.75) is 117 Å². The molecule has 1 aliphatic rings. The number of aliphatic carboxylic acids is 1. The van der Waals surface area contributed by atoms with E-state index in [1.807, 2.05) is 0 Å². The third-order valence-corrected chi connectivity index (χ3v) is 5.67. The molecule has 1 atom stereocenters. The van der Waals surface area contributed by atoms with Crippen LogP contribution in [0.3, 0.4) is 0 Å². The summed E-state index contributed by atoms with van der Waals surface area (Å²) in [6, 6.07) is 0. The standard InChI is InChI=1S/C15H33N.C6H10O2/c1-5-8-11-14(4)15(16,12-9-6-2)13-10-7-3;7-6(8)5-3-1-2-4-5/h14H,5-13,16H2,1-4H3;5H,1-4H2,(H,7,8). The third kappa shape index (κ3) is 9.66. The van der Waals surface area contributed by atoms with E-state index in [0.717, 1.165) is 25.7 Å². The van der Waals surface area contributed by atoms with Crippen molar-refractivity contribution in [3.05, 3.63) is 0 Å². The van der Waals surface area contributed by atoms with E-state index >= 15 is 0 Å². The minimum Gasteiger partial charge on any atom is -0.481 e. The Balaban J connectivity index is 0.000000546. The Kier molecular flexibility index (Phi) is 13.4. The van der Waals surface area contributed by atoms with Crippen LogP contribution in [0.5, 0.6) is 0 Å². The SMILES string of the molecule is CCCCC(C)C(N)(CCCC)CCCC.O=C(O)C1CCCC1. The molecule has 0 aromatic carbocycles. The molecule has 0 aromatic heterocycles. The van der Waals surface area contributed by atoms with E-state index in [4.69, 9.17) is 10.8 Å². The summed E-state index contributed by atoms with van der Waals surface area (Å²) in [6.07, 6.45) is 15.5. The zero-order valence-electron chi connectivity index (χ0n) is 16.8. The summed E-state index contributed by atoms with van der Waals surface area (Å²) < 4.78 is 0. The van der Waals surface area contributed by atoms with Gasteiger partial charge in [-0.1, -0.05) is 79.1 Å². The van der Waals surface area contributed by atoms with Gasteiger partial charge in [-0.25, -0.2) is 0 Å². The van der Waals surface area contributed by atoms with Gasteiger partial charge in [0, 0.05) is 5.54 Å². The largest absolute Gasteiger partial charge is 0.481 e. The van der Waals surface area contributed by atoms with E-state index in [1.165, 1.54) is 57.8 Å². The molecule has 0 heterocycles. The minimum absolute atomic E-state index is 0.0185. The van der Waals surface area contributed by atoms with E-state index in [1.54, 1.807) is 0 Å². The summed E-state index contributed by atoms with van der Waals surface area (Å²) in [5, 5.41) is 8.41. The Morgan fingerprint density at radius 3 is 1.83 bits per heavy atom. The highest BCUT2D eigenvalue weighted by atomic mass is 16.4. The highest BCUT2D eigenvalue weighted by Crippen LogP contribution is 2.30. The van der Waals surface area contributed by atoms with E-state index in [0.29, 0.717) is 5.92 Å². The van der Waals surface area contributed by atoms with Crippen LogP contribution in [-0.4, -0.2) is 16.6 Å². The molecule has 24 heavy (non-hydrogen) atoms. The van der Waals surface area contributed by atoms with Crippen molar-refractivity contribution in [2.24, 2.45) is 17.6 Å². The topological polar surface area (TPSA) is 63.3 Å². The van der Waals surface area contributed by atoms with Gasteiger partial charge in [-0.05, 0) is 38.0 Å². The quantitative estimate of drug-likeness (QED) is 0.473. The summed E-state index contributed by atoms with van der Waals surface area (Å²) in [4.78, 5) is 10.2. The first-order valence-corrected chi connectivity index (χ1v) is 10.4. The predicted molar refractivity (Wildman–Crippen MR) is 104 cm³/mol. The number of carboxylic acid groups (broad SMARTS) is 1. The highest BCUT2D eigenvalue weighted by molar-refractivity contribution is 5.70. The van der Waals surface area contributed by atoms with Gasteiger partial charge in [0.05, 0.1) is 5.92 Å². The monoisotopic (exact) mass is 341 g/mol. The van der Waals surface area contributed by atoms with Gasteiger partial charge in [-0.2, -0.15) is 0 Å². The molecule has 1 fully saturated rings. The average molecular weight is 342 g/mol. The normalized spacial score (nSPS) is 16.5. The molecule has 144 valence electrons. The number of nitrogens with two attached hydrogens (primary N) is 1. The summed E-state index contributed by atoms with van der Waals surface area (Å²) >= 11 is 0. The number of hydrogen-bond donors (Lipinski definition) is 2. The maximum atomic E-state index is 10.2. The molecule has 0 bridgehead atoms. The van der Waals surface area contributed by atoms with E-state index in [2.05, 4.69) is 27.7 Å². The van der Waals surface area contributed by atoms with Crippen LogP contribution in [0.2, 0.25) is 0 Å². The maximum Gasteiger partial charge on any atom is 0.306 e. The van der Waals surface area contributed by atoms with Crippen molar-refractivity contribution in [3.63, 3.8) is 0 Å². The molecule has 1 unspecified atom stereocenters. The maximum absolute atomic E-state index is 10.2. The van der Waals surface area contributed by atoms with Gasteiger partial charge in [0.2, 0.25) is 0 Å². The Morgan fingerprint density at radius 2 is 1.50 bits per heavy atom. The average Bonchev–Trinajstić information content (AvgIpc) is 3.11. The fraction of sp³-hybridized carbons (Fsp3) is 0.952. The van der Waals surface area contributed by atoms with Crippen molar-refractivity contribution in [1.29, 1.82) is 0 Å². The van der Waals surface area contributed by atoms with Crippen molar-refractivity contribution < 1.29 is 9.90 Å². The van der Waals surface area contributed by atoms with Crippen LogP contribution in [0.4, 0.5) is 0 Å². The Labute approximate surface area is 150 Å². The predicted octanol–water partition coefficient (Wildman–Crippen LogP) is 6.15. The third-order valence-electron chi connectivity index (χ3n) is 5.67. The molecule has 0 amide bonds. The zero-order valence-corrected chi connectivity index (χ0v) is 16.8. The Morgan fingerprint density at radius 1 is 1.04 bits per heavy atom. The lowest BCUT2D eigenvalue weighted by Gasteiger charge is -2.36. The molecule has 1 aliphatic carbocycles. The molecule has 3 N–H and O–H groups in total. The van der Waals surface area contributed by atoms with E-state index < -0.39 is 5.97 Å². The lowest BCUT2D eigenvalue weighted by Crippen LogP contribution is -2.46. The smallest absolute Gasteiger partial charge is 0.306 e. The van der Waals surface area contributed by atoms with Crippen LogP contribution in [0, 0.1) is 11.8 Å². The van der Waals surface area contributed by atoms with Gasteiger partial charge in [0.25, 0.3) is 0 Å². The van der Waals surface area contributed by atoms with E-state index in [9.17, 15) is 4.79 Å². The summed E-state index contributed by atoms with van der Waals surface area (Å²) in [7, 11) is 0. The summed E-state index contributed by atoms with van der Waals surface area (Å²) in [5.41, 5.74) is 6.77. The molecule has 0 aromatic rings. The second-order valence-electron chi connectivity index (χ2n) is 7.80. The molecular weight excluding hydrogens is 298 g/mol. The van der Waals surface area contributed by atoms with Crippen molar-refractivity contribution >= 4 is 5.97 Å². The highest BCUT2D eigenvalue weighted by Gasteiger charge is 2.29.